The summed E-state index contributed by atoms with van der Waals surface area (Å²) in [4.78, 5) is 10.1. The highest BCUT2D eigenvalue weighted by atomic mass is 16.3. The maximum Gasteiger partial charge on any atom is 0.160 e. The monoisotopic (exact) mass is 605 g/mol. The topological polar surface area (TPSA) is 38.9 Å². The maximum absolute atomic E-state index is 8.47. The third-order valence-electron chi connectivity index (χ3n) is 8.55. The second-order valence-corrected chi connectivity index (χ2v) is 11.5. The van der Waals surface area contributed by atoms with E-state index >= 15 is 0 Å². The second kappa shape index (κ2) is 11.2. The van der Waals surface area contributed by atoms with E-state index in [2.05, 4.69) is 42.5 Å². The van der Waals surface area contributed by atoms with Crippen molar-refractivity contribution in [1.29, 1.82) is 0 Å². The van der Waals surface area contributed by atoms with Gasteiger partial charge < -0.3 is 4.42 Å². The van der Waals surface area contributed by atoms with Crippen molar-refractivity contribution in [3.8, 4) is 56.2 Å². The van der Waals surface area contributed by atoms with Crippen LogP contribution in [0.5, 0.6) is 0 Å². The van der Waals surface area contributed by atoms with Crippen LogP contribution in [0.15, 0.2) is 174 Å². The van der Waals surface area contributed by atoms with Crippen molar-refractivity contribution >= 4 is 32.7 Å². The Kier molecular flexibility index (Phi) is 5.32. The summed E-state index contributed by atoms with van der Waals surface area (Å²) in [6.07, 6.45) is 0. The molecule has 7 aromatic carbocycles. The van der Waals surface area contributed by atoms with Gasteiger partial charge in [0.25, 0.3) is 0 Å². The Hall–Kier alpha value is -6.32. The molecule has 2 aromatic heterocycles. The lowest BCUT2D eigenvalue weighted by Crippen LogP contribution is -1.96. The summed E-state index contributed by atoms with van der Waals surface area (Å²) >= 11 is 0. The molecule has 220 valence electrons. The molecule has 0 unspecified atom stereocenters. The number of aromatic nitrogens is 2. The molecule has 0 aliphatic heterocycles. The molecule has 0 amide bonds. The lowest BCUT2D eigenvalue weighted by molar-refractivity contribution is 0.669. The van der Waals surface area contributed by atoms with Gasteiger partial charge in [-0.05, 0) is 75.5 Å². The van der Waals surface area contributed by atoms with Crippen LogP contribution in [0.1, 0.15) is 6.85 Å². The number of para-hydroxylation sites is 1. The predicted octanol–water partition coefficient (Wildman–Crippen LogP) is 11.9. The van der Waals surface area contributed by atoms with E-state index in [0.717, 1.165) is 71.9 Å². The number of rotatable bonds is 5. The molecule has 2 heterocycles. The van der Waals surface area contributed by atoms with Crippen LogP contribution in [0, 0.1) is 0 Å². The fourth-order valence-corrected chi connectivity index (χ4v) is 6.18. The standard InChI is InChI=1S/C44H28N2O/c1-3-10-29(11-4-1)33-20-18-30-19-21-34(26-37(30)25-33)32-14-9-15-35(24-32)40-28-41(46-44(45-40)31-12-5-2-6-13-31)36-22-23-39-38-16-7-8-17-42(38)47-43(39)27-36/h1-28H/i1D,3D,4D,10D,11D. The quantitative estimate of drug-likeness (QED) is 0.196. The minimum atomic E-state index is -0.402. The van der Waals surface area contributed by atoms with Crippen LogP contribution in [0.3, 0.4) is 0 Å². The smallest absolute Gasteiger partial charge is 0.160 e. The van der Waals surface area contributed by atoms with Gasteiger partial charge in [0.1, 0.15) is 11.2 Å². The molecule has 0 bridgehead atoms. The highest BCUT2D eigenvalue weighted by molar-refractivity contribution is 6.05. The molecule has 47 heavy (non-hydrogen) atoms. The molecule has 0 radical (unpaired) electrons. The van der Waals surface area contributed by atoms with E-state index in [1.54, 1.807) is 6.07 Å². The third-order valence-corrected chi connectivity index (χ3v) is 8.55. The summed E-state index contributed by atoms with van der Waals surface area (Å²) in [6, 6.07) is 44.7. The number of furan rings is 1. The first-order chi connectivity index (χ1) is 25.3. The molecule has 0 N–H and O–H groups in total. The van der Waals surface area contributed by atoms with Gasteiger partial charge >= 0.3 is 0 Å². The largest absolute Gasteiger partial charge is 0.456 e. The summed E-state index contributed by atoms with van der Waals surface area (Å²) in [6.45, 7) is 0. The van der Waals surface area contributed by atoms with Gasteiger partial charge in [-0.15, -0.1) is 0 Å². The molecular formula is C44H28N2O. The fourth-order valence-electron chi connectivity index (χ4n) is 6.18. The molecule has 9 aromatic rings. The molecule has 0 atom stereocenters. The number of hydrogen-bond donors (Lipinski definition) is 0. The van der Waals surface area contributed by atoms with Gasteiger partial charge in [0.05, 0.1) is 18.2 Å². The average molecular weight is 606 g/mol. The number of benzene rings is 7. The molecule has 9 rings (SSSR count). The Morgan fingerprint density at radius 1 is 0.404 bits per heavy atom. The van der Waals surface area contributed by atoms with Crippen LogP contribution in [0.2, 0.25) is 0 Å². The summed E-state index contributed by atoms with van der Waals surface area (Å²) in [5.74, 6) is 0.620. The minimum absolute atomic E-state index is 0.188. The zero-order valence-corrected chi connectivity index (χ0v) is 25.1. The molecule has 0 aliphatic rings. The molecule has 0 saturated heterocycles. The van der Waals surface area contributed by atoms with Crippen molar-refractivity contribution in [2.75, 3.05) is 0 Å². The Balaban J connectivity index is 1.14. The number of hydrogen-bond acceptors (Lipinski definition) is 3. The second-order valence-electron chi connectivity index (χ2n) is 11.5. The van der Waals surface area contributed by atoms with Crippen LogP contribution in [-0.4, -0.2) is 9.97 Å². The SMILES string of the molecule is [2H]c1c([2H])c([2H])c(-c2ccc3ccc(-c4cccc(-c5cc(-c6ccc7c(c6)oc6ccccc67)nc(-c6ccccc6)n5)c4)cc3c2)c([2H])c1[2H]. The molecule has 3 nitrogen and oxygen atoms in total. The highest BCUT2D eigenvalue weighted by Gasteiger charge is 2.14. The van der Waals surface area contributed by atoms with Gasteiger partial charge in [0.2, 0.25) is 0 Å². The highest BCUT2D eigenvalue weighted by Crippen LogP contribution is 2.35. The third kappa shape index (κ3) is 5.04. The maximum atomic E-state index is 8.47. The van der Waals surface area contributed by atoms with Crippen molar-refractivity contribution in [1.82, 2.24) is 9.97 Å². The zero-order chi connectivity index (χ0) is 35.5. The van der Waals surface area contributed by atoms with E-state index in [1.807, 2.05) is 91.0 Å². The molecule has 0 spiro atoms. The van der Waals surface area contributed by atoms with Crippen LogP contribution < -0.4 is 0 Å². The fraction of sp³-hybridized carbons (Fsp3) is 0. The van der Waals surface area contributed by atoms with E-state index in [-0.39, 0.29) is 29.7 Å². The molecular weight excluding hydrogens is 572 g/mol. The van der Waals surface area contributed by atoms with Crippen molar-refractivity contribution in [2.45, 2.75) is 0 Å². The first-order valence-corrected chi connectivity index (χ1v) is 15.4. The average Bonchev–Trinajstić information content (AvgIpc) is 3.57. The van der Waals surface area contributed by atoms with Crippen molar-refractivity contribution in [3.63, 3.8) is 0 Å². The summed E-state index contributed by atoms with van der Waals surface area (Å²) in [5, 5.41) is 4.00. The van der Waals surface area contributed by atoms with Gasteiger partial charge in [-0.2, -0.15) is 0 Å². The Labute approximate surface area is 279 Å². The van der Waals surface area contributed by atoms with Gasteiger partial charge in [0, 0.05) is 27.5 Å². The summed E-state index contributed by atoms with van der Waals surface area (Å²) in [7, 11) is 0. The van der Waals surface area contributed by atoms with E-state index in [9.17, 15) is 0 Å². The summed E-state index contributed by atoms with van der Waals surface area (Å²) in [5.41, 5.74) is 8.68. The van der Waals surface area contributed by atoms with Gasteiger partial charge in [0.15, 0.2) is 5.82 Å². The van der Waals surface area contributed by atoms with E-state index < -0.39 is 6.04 Å². The van der Waals surface area contributed by atoms with E-state index in [0.29, 0.717) is 11.4 Å². The molecule has 3 heteroatoms. The first kappa shape index (κ1) is 22.2. The van der Waals surface area contributed by atoms with Gasteiger partial charge in [-0.25, -0.2) is 9.97 Å². The van der Waals surface area contributed by atoms with Crippen LogP contribution in [0.25, 0.3) is 88.9 Å². The number of fused-ring (bicyclic) bond motifs is 4. The van der Waals surface area contributed by atoms with Crippen molar-refractivity contribution in [3.05, 3.63) is 170 Å². The molecule has 0 fully saturated rings. The lowest BCUT2D eigenvalue weighted by Gasteiger charge is -2.11. The Bertz CT molecular complexity index is 2840. The zero-order valence-electron chi connectivity index (χ0n) is 30.1. The normalized spacial score (nSPS) is 12.9. The van der Waals surface area contributed by atoms with Gasteiger partial charge in [-0.1, -0.05) is 127 Å². The Morgan fingerprint density at radius 3 is 1.83 bits per heavy atom. The van der Waals surface area contributed by atoms with Crippen LogP contribution >= 0.6 is 0 Å². The van der Waals surface area contributed by atoms with Gasteiger partial charge in [-0.3, -0.25) is 0 Å². The first-order valence-electron chi connectivity index (χ1n) is 17.9. The van der Waals surface area contributed by atoms with Crippen molar-refractivity contribution < 1.29 is 11.3 Å². The Morgan fingerprint density at radius 2 is 1.02 bits per heavy atom. The predicted molar refractivity (Wildman–Crippen MR) is 194 cm³/mol. The van der Waals surface area contributed by atoms with Crippen molar-refractivity contribution in [2.24, 2.45) is 0 Å². The molecule has 0 saturated carbocycles. The molecule has 0 aliphatic carbocycles. The number of nitrogens with zero attached hydrogens (tertiary/aromatic N) is 2. The van der Waals surface area contributed by atoms with Crippen LogP contribution in [-0.2, 0) is 0 Å². The lowest BCUT2D eigenvalue weighted by atomic mass is 9.96. The van der Waals surface area contributed by atoms with E-state index in [1.165, 1.54) is 0 Å². The summed E-state index contributed by atoms with van der Waals surface area (Å²) < 4.78 is 47.4. The van der Waals surface area contributed by atoms with Crippen LogP contribution in [0.4, 0.5) is 0 Å². The minimum Gasteiger partial charge on any atom is -0.456 e. The van der Waals surface area contributed by atoms with E-state index in [4.69, 9.17) is 21.2 Å².